The highest BCUT2D eigenvalue weighted by Crippen LogP contribution is 2.33. The Balaban J connectivity index is 1.25. The first-order chi connectivity index (χ1) is 14.2. The van der Waals surface area contributed by atoms with Gasteiger partial charge in [-0.25, -0.2) is 19.9 Å². The van der Waals surface area contributed by atoms with Crippen molar-refractivity contribution in [1.82, 2.24) is 29.8 Å². The summed E-state index contributed by atoms with van der Waals surface area (Å²) >= 11 is 1.50. The van der Waals surface area contributed by atoms with Crippen molar-refractivity contribution in [3.05, 3.63) is 37.1 Å². The van der Waals surface area contributed by atoms with E-state index in [-0.39, 0.29) is 0 Å². The number of rotatable bonds is 4. The van der Waals surface area contributed by atoms with Crippen LogP contribution in [-0.2, 0) is 0 Å². The highest BCUT2D eigenvalue weighted by Gasteiger charge is 2.42. The number of nitrogens with zero attached hydrogens (tertiary/aromatic N) is 7. The molecule has 2 bridgehead atoms. The number of fused-ring (bicyclic) bond motifs is 3. The molecule has 2 atom stereocenters. The van der Waals surface area contributed by atoms with E-state index in [9.17, 15) is 0 Å². The molecule has 0 saturated carbocycles. The van der Waals surface area contributed by atoms with Crippen LogP contribution in [0.3, 0.4) is 0 Å². The second kappa shape index (κ2) is 6.46. The zero-order chi connectivity index (χ0) is 19.4. The molecule has 0 unspecified atom stereocenters. The third-order valence-corrected chi connectivity index (χ3v) is 6.57. The van der Waals surface area contributed by atoms with Gasteiger partial charge in [-0.2, -0.15) is 0 Å². The van der Waals surface area contributed by atoms with Gasteiger partial charge in [0.15, 0.2) is 10.8 Å². The monoisotopic (exact) mass is 406 g/mol. The van der Waals surface area contributed by atoms with Crippen LogP contribution in [0.25, 0.3) is 21.1 Å². The van der Waals surface area contributed by atoms with Crippen LogP contribution in [0.2, 0.25) is 0 Å². The van der Waals surface area contributed by atoms with E-state index in [1.165, 1.54) is 17.8 Å². The number of aromatic nitrogens is 5. The predicted molar refractivity (Wildman–Crippen MR) is 110 cm³/mol. The van der Waals surface area contributed by atoms with Crippen molar-refractivity contribution in [2.45, 2.75) is 18.5 Å². The van der Waals surface area contributed by atoms with Gasteiger partial charge >= 0.3 is 0 Å². The molecule has 1 N–H and O–H groups in total. The zero-order valence-corrected chi connectivity index (χ0v) is 16.5. The quantitative estimate of drug-likeness (QED) is 0.549. The van der Waals surface area contributed by atoms with Crippen molar-refractivity contribution in [2.24, 2.45) is 0 Å². The lowest BCUT2D eigenvalue weighted by Crippen LogP contribution is -2.44. The summed E-state index contributed by atoms with van der Waals surface area (Å²) in [6.07, 6.45) is 9.71. The number of anilines is 3. The maximum atomic E-state index is 5.34. The number of likely N-dealkylation sites (tertiary alicyclic amines) is 1. The van der Waals surface area contributed by atoms with Crippen molar-refractivity contribution < 1.29 is 4.42 Å². The van der Waals surface area contributed by atoms with Crippen LogP contribution in [0.15, 0.2) is 41.5 Å². The van der Waals surface area contributed by atoms with Crippen LogP contribution in [-0.4, -0.2) is 62.0 Å². The summed E-state index contributed by atoms with van der Waals surface area (Å²) in [4.78, 5) is 27.2. The summed E-state index contributed by atoms with van der Waals surface area (Å²) in [5, 5.41) is 4.00. The van der Waals surface area contributed by atoms with Crippen LogP contribution < -0.4 is 10.2 Å². The minimum atomic E-state index is 0.518. The minimum Gasteiger partial charge on any atom is -0.443 e. The molecule has 9 nitrogen and oxygen atoms in total. The zero-order valence-electron chi connectivity index (χ0n) is 15.7. The van der Waals surface area contributed by atoms with Gasteiger partial charge in [0.25, 0.3) is 5.89 Å². The Labute approximate surface area is 170 Å². The van der Waals surface area contributed by atoms with E-state index < -0.39 is 0 Å². The Morgan fingerprint density at radius 2 is 2.07 bits per heavy atom. The molecule has 0 spiro atoms. The summed E-state index contributed by atoms with van der Waals surface area (Å²) in [5.74, 6) is 2.78. The van der Waals surface area contributed by atoms with Gasteiger partial charge in [-0.1, -0.05) is 0 Å². The van der Waals surface area contributed by atoms with Crippen molar-refractivity contribution in [1.29, 1.82) is 0 Å². The van der Waals surface area contributed by atoms with Crippen molar-refractivity contribution in [2.75, 3.05) is 30.4 Å². The molecule has 2 aliphatic rings. The van der Waals surface area contributed by atoms with Gasteiger partial charge < -0.3 is 14.6 Å². The van der Waals surface area contributed by atoms with Gasteiger partial charge in [0, 0.05) is 37.4 Å². The van der Waals surface area contributed by atoms with E-state index in [2.05, 4.69) is 42.1 Å². The Morgan fingerprint density at radius 3 is 2.86 bits per heavy atom. The van der Waals surface area contributed by atoms with E-state index in [0.717, 1.165) is 34.1 Å². The molecule has 6 heterocycles. The fourth-order valence-electron chi connectivity index (χ4n) is 4.16. The van der Waals surface area contributed by atoms with Crippen LogP contribution in [0.4, 0.5) is 17.5 Å². The van der Waals surface area contributed by atoms with Gasteiger partial charge in [-0.3, -0.25) is 9.88 Å². The molecule has 2 saturated heterocycles. The number of hydrogen-bond donors (Lipinski definition) is 1. The lowest BCUT2D eigenvalue weighted by molar-refractivity contribution is 0.292. The first kappa shape index (κ1) is 16.8. The highest BCUT2D eigenvalue weighted by atomic mass is 32.1. The number of hydrogen-bond acceptors (Lipinski definition) is 10. The molecule has 0 amide bonds. The number of thiazole rings is 1. The van der Waals surface area contributed by atoms with Crippen LogP contribution in [0.5, 0.6) is 0 Å². The fraction of sp³-hybridized carbons (Fsp3) is 0.316. The Hall–Kier alpha value is -3.11. The molecule has 0 radical (unpaired) electrons. The second-order valence-corrected chi connectivity index (χ2v) is 8.45. The van der Waals surface area contributed by atoms with Gasteiger partial charge in [0.1, 0.15) is 17.9 Å². The average Bonchev–Trinajstić information content (AvgIpc) is 3.50. The molecule has 4 aromatic heterocycles. The maximum absolute atomic E-state index is 5.34. The third-order valence-electron chi connectivity index (χ3n) is 5.58. The molecule has 29 heavy (non-hydrogen) atoms. The van der Waals surface area contributed by atoms with E-state index in [1.807, 2.05) is 12.3 Å². The number of pyridine rings is 1. The normalized spacial score (nSPS) is 21.3. The molecular formula is C19H18N8OS. The highest BCUT2D eigenvalue weighted by molar-refractivity contribution is 7.21. The Kier molecular flexibility index (Phi) is 3.74. The first-order valence-corrected chi connectivity index (χ1v) is 10.3. The summed E-state index contributed by atoms with van der Waals surface area (Å²) < 4.78 is 6.31. The van der Waals surface area contributed by atoms with Crippen LogP contribution >= 0.6 is 11.3 Å². The standard InChI is InChI=1S/C19H18N8OS/c1-26-9-12-4-11(26)10-27(12)17-8-20-7-16(25-17)24-15-5-13-14(6-22-15)29-19(23-13)18-21-2-3-28-18/h2-3,5-8,11-12H,4,9-10H2,1H3,(H,22,24,25)/t11-,12-/m0/s1. The topological polar surface area (TPSA) is 96.1 Å². The first-order valence-electron chi connectivity index (χ1n) is 9.45. The van der Waals surface area contributed by atoms with Crippen LogP contribution in [0.1, 0.15) is 6.42 Å². The number of piperazine rings is 1. The largest absolute Gasteiger partial charge is 0.443 e. The van der Waals surface area contributed by atoms with Crippen LogP contribution in [0, 0.1) is 0 Å². The summed E-state index contributed by atoms with van der Waals surface area (Å²) in [5.41, 5.74) is 0.838. The number of likely N-dealkylation sites (N-methyl/N-ethyl adjacent to an activating group) is 1. The van der Waals surface area contributed by atoms with Gasteiger partial charge in [-0.15, -0.1) is 11.3 Å². The molecule has 6 rings (SSSR count). The third kappa shape index (κ3) is 2.91. The second-order valence-electron chi connectivity index (χ2n) is 7.42. The Morgan fingerprint density at radius 1 is 1.10 bits per heavy atom. The molecule has 4 aromatic rings. The lowest BCUT2D eigenvalue weighted by Gasteiger charge is -2.32. The molecular weight excluding hydrogens is 388 g/mol. The van der Waals surface area contributed by atoms with Crippen molar-refractivity contribution in [3.8, 4) is 10.9 Å². The van der Waals surface area contributed by atoms with E-state index in [1.54, 1.807) is 24.9 Å². The smallest absolute Gasteiger partial charge is 0.255 e. The van der Waals surface area contributed by atoms with Gasteiger partial charge in [-0.05, 0) is 13.5 Å². The van der Waals surface area contributed by atoms with Gasteiger partial charge in [0.2, 0.25) is 0 Å². The summed E-state index contributed by atoms with van der Waals surface area (Å²) in [7, 11) is 2.19. The summed E-state index contributed by atoms with van der Waals surface area (Å²) in [6.45, 7) is 2.09. The maximum Gasteiger partial charge on any atom is 0.255 e. The van der Waals surface area contributed by atoms with Crippen molar-refractivity contribution >= 4 is 39.0 Å². The molecule has 0 aromatic carbocycles. The van der Waals surface area contributed by atoms with E-state index in [0.29, 0.717) is 29.6 Å². The molecule has 10 heteroatoms. The van der Waals surface area contributed by atoms with Crippen molar-refractivity contribution in [3.63, 3.8) is 0 Å². The average molecular weight is 406 g/mol. The minimum absolute atomic E-state index is 0.518. The van der Waals surface area contributed by atoms with Gasteiger partial charge in [0.05, 0.1) is 28.8 Å². The SMILES string of the molecule is CN1C[C@@H]2C[C@H]1CN2c1cncc(Nc2cc3nc(-c4ncco4)sc3cn2)n1. The van der Waals surface area contributed by atoms with E-state index in [4.69, 9.17) is 9.40 Å². The molecule has 2 fully saturated rings. The molecule has 0 aliphatic carbocycles. The Bertz CT molecular complexity index is 1170. The molecule has 146 valence electrons. The predicted octanol–water partition coefficient (Wildman–Crippen LogP) is 2.77. The summed E-state index contributed by atoms with van der Waals surface area (Å²) in [6, 6.07) is 3.04. The van der Waals surface area contributed by atoms with E-state index >= 15 is 0 Å². The number of oxazole rings is 1. The number of nitrogens with one attached hydrogen (secondary N) is 1. The molecule has 2 aliphatic heterocycles. The fourth-order valence-corrected chi connectivity index (χ4v) is 5.01. The lowest BCUT2D eigenvalue weighted by atomic mass is 10.2.